The molecule has 0 aromatic rings. The average Bonchev–Trinajstić information content (AvgIpc) is 3.59. The third-order valence-corrected chi connectivity index (χ3v) is 7.90. The quantitative estimate of drug-likeness (QED) is 0.223. The van der Waals surface area contributed by atoms with Gasteiger partial charge < -0.3 is 0 Å². The van der Waals surface area contributed by atoms with E-state index in [0.717, 1.165) is 31.6 Å². The molecule has 0 aromatic carbocycles. The van der Waals surface area contributed by atoms with Gasteiger partial charge in [-0.2, -0.15) is 26.3 Å². The lowest BCUT2D eigenvalue weighted by molar-refractivity contribution is -0.144. The fraction of sp³-hybridized carbons (Fsp3) is 1.00. The minimum absolute atomic E-state index is 0.0556. The minimum atomic E-state index is -3.98. The van der Waals surface area contributed by atoms with Crippen molar-refractivity contribution in [3.05, 3.63) is 0 Å². The van der Waals surface area contributed by atoms with Crippen LogP contribution in [0.15, 0.2) is 0 Å². The third-order valence-electron chi connectivity index (χ3n) is 7.90. The maximum absolute atomic E-state index is 11.5. The Morgan fingerprint density at radius 2 is 0.672 bits per heavy atom. The molecular weight excluding hydrogens is 847 g/mol. The lowest BCUT2D eigenvalue weighted by Crippen LogP contribution is -2.12. The lowest BCUT2D eigenvalue weighted by atomic mass is 9.91. The topological polar surface area (TPSA) is 0 Å². The van der Waals surface area contributed by atoms with Crippen molar-refractivity contribution in [1.82, 2.24) is 0 Å². The van der Waals surface area contributed by atoms with Crippen molar-refractivity contribution in [3.8, 4) is 0 Å². The van der Waals surface area contributed by atoms with Gasteiger partial charge >= 0.3 is 12.4 Å². The number of rotatable bonds is 7. The zero-order chi connectivity index (χ0) is 65.3. The van der Waals surface area contributed by atoms with E-state index in [1.807, 2.05) is 111 Å². The van der Waals surface area contributed by atoms with Crippen LogP contribution in [-0.2, 0) is 0 Å². The van der Waals surface area contributed by atoms with Crippen LogP contribution in [0.2, 0.25) is 0 Å². The standard InChI is InChI=1S/C7H14.2C6H11F3.C6H12.C6H14.C5H12.5C4H10.C3H8.C2H6/c1-7-5-3-2-4-6-7;2*1-3-5(2)4-6(7,8)9;1-6-4-2-3-5-6;1-5-6(2,3)4;1-4-5(2)3;3*1-4(2)3;2*1-3-4-2;1-3-2;1-2/h7H,2-6H2,1H3;2*5H,3-4H2,1-2H3;6H,2-5H2,1H3;5H2,1-4H3;5H,4H2,1-3H3;3*4H,1-3H3;2*3-4H2,1-2H3;3H2,1-2H3;1-2H3/t;2*5-;;;;;;;;;;/m.00........../s1/i7D;;;6D;5D2;4D2;2*4D;;3D2;;;. The number of alkyl halides is 6. The molecule has 0 N–H and O–H groups in total. The maximum atomic E-state index is 11.5. The van der Waals surface area contributed by atoms with Gasteiger partial charge in [0.2, 0.25) is 0 Å². The van der Waals surface area contributed by atoms with Gasteiger partial charge in [0.1, 0.15) is 0 Å². The van der Waals surface area contributed by atoms with Gasteiger partial charge in [0.15, 0.2) is 0 Å². The lowest BCUT2D eigenvalue weighted by Gasteiger charge is -2.15. The monoisotopic (exact) mass is 995 g/mol. The highest BCUT2D eigenvalue weighted by Gasteiger charge is 2.29. The Hall–Kier alpha value is -0.420. The second-order valence-electron chi connectivity index (χ2n) is 20.4. The zero-order valence-electron chi connectivity index (χ0n) is 61.6. The summed E-state index contributed by atoms with van der Waals surface area (Å²) in [4.78, 5) is 0. The molecule has 2 aliphatic carbocycles. The smallest absolute Gasteiger partial charge is 0.171 e. The first-order valence-electron chi connectivity index (χ1n) is 31.8. The van der Waals surface area contributed by atoms with Crippen molar-refractivity contribution in [2.24, 2.45) is 52.7 Å². The van der Waals surface area contributed by atoms with Gasteiger partial charge in [0, 0.05) is 26.5 Å². The molecule has 0 amide bonds. The molecule has 0 spiro atoms. The molecular formula is C61H138F6. The largest absolute Gasteiger partial charge is 0.389 e. The fourth-order valence-corrected chi connectivity index (χ4v) is 3.21. The molecule has 6 heteroatoms. The number of halogens is 6. The van der Waals surface area contributed by atoms with Crippen LogP contribution in [0.4, 0.5) is 26.3 Å². The Labute approximate surface area is 440 Å². The van der Waals surface area contributed by atoms with Crippen LogP contribution < -0.4 is 0 Å². The summed E-state index contributed by atoms with van der Waals surface area (Å²) in [6, 6.07) is 0. The fourth-order valence-electron chi connectivity index (χ4n) is 3.21. The molecule has 0 unspecified atom stereocenters. The summed E-state index contributed by atoms with van der Waals surface area (Å²) in [7, 11) is 0. The van der Waals surface area contributed by atoms with Crippen molar-refractivity contribution in [2.45, 2.75) is 348 Å². The molecule has 2 rings (SSSR count). The van der Waals surface area contributed by atoms with Gasteiger partial charge in [0.25, 0.3) is 0 Å². The van der Waals surface area contributed by atoms with E-state index < -0.39 is 44.3 Å². The molecule has 0 heterocycles. The van der Waals surface area contributed by atoms with Crippen LogP contribution in [0.3, 0.4) is 0 Å². The van der Waals surface area contributed by atoms with Crippen LogP contribution in [0, 0.1) is 52.7 Å². The van der Waals surface area contributed by atoms with E-state index in [9.17, 15) is 26.3 Å². The highest BCUT2D eigenvalue weighted by atomic mass is 19.4. The van der Waals surface area contributed by atoms with Crippen molar-refractivity contribution in [2.75, 3.05) is 0 Å². The van der Waals surface area contributed by atoms with Crippen molar-refractivity contribution >= 4 is 0 Å². The van der Waals surface area contributed by atoms with E-state index in [1.165, 1.54) is 51.4 Å². The van der Waals surface area contributed by atoms with Crippen molar-refractivity contribution in [3.63, 3.8) is 0 Å². The molecule has 424 valence electrons. The summed E-state index contributed by atoms with van der Waals surface area (Å²) >= 11 is 0. The zero-order valence-corrected chi connectivity index (χ0v) is 51.6. The Balaban J connectivity index is -0.0000000691. The molecule has 2 aliphatic rings. The van der Waals surface area contributed by atoms with Gasteiger partial charge in [-0.1, -0.05) is 323 Å². The van der Waals surface area contributed by atoms with Gasteiger partial charge in [0.05, 0.1) is 0 Å². The normalized spacial score (nSPS) is 17.9. The summed E-state index contributed by atoms with van der Waals surface area (Å²) in [5.74, 6) is -0.124. The minimum Gasteiger partial charge on any atom is -0.171 e. The van der Waals surface area contributed by atoms with Crippen LogP contribution in [0.1, 0.15) is 350 Å². The first-order chi connectivity index (χ1) is 33.6. The molecule has 0 nitrogen and oxygen atoms in total. The molecule has 0 aromatic heterocycles. The van der Waals surface area contributed by atoms with E-state index in [1.54, 1.807) is 48.5 Å². The summed E-state index contributed by atoms with van der Waals surface area (Å²) in [5.41, 5.74) is -0.229. The maximum Gasteiger partial charge on any atom is 0.389 e. The predicted octanol–water partition coefficient (Wildman–Crippen LogP) is 26.3. The van der Waals surface area contributed by atoms with Crippen LogP contribution >= 0.6 is 0 Å². The second kappa shape index (κ2) is 72.1. The van der Waals surface area contributed by atoms with E-state index in [0.29, 0.717) is 19.3 Å². The van der Waals surface area contributed by atoms with E-state index in [4.69, 9.17) is 13.7 Å². The van der Waals surface area contributed by atoms with Gasteiger partial charge in [-0.25, -0.2) is 0 Å². The molecule has 67 heavy (non-hydrogen) atoms. The molecule has 2 atom stereocenters. The molecule has 0 aliphatic heterocycles. The Bertz CT molecular complexity index is 1050. The Morgan fingerprint density at radius 1 is 0.493 bits per heavy atom. The summed E-state index contributed by atoms with van der Waals surface area (Å²) in [5, 5.41) is 0. The highest BCUT2D eigenvalue weighted by Crippen LogP contribution is 2.27. The Kier molecular flexibility index (Phi) is 71.7. The van der Waals surface area contributed by atoms with Gasteiger partial charge in [-0.3, -0.25) is 0 Å². The third kappa shape index (κ3) is 209. The first kappa shape index (κ1) is 66.6. The molecule has 0 radical (unpaired) electrons. The Morgan fingerprint density at radius 3 is 0.731 bits per heavy atom. The van der Waals surface area contributed by atoms with Crippen LogP contribution in [-0.4, -0.2) is 12.4 Å². The van der Waals surface area contributed by atoms with Gasteiger partial charge in [-0.05, 0) is 52.7 Å². The molecule has 2 fully saturated rings. The second-order valence-corrected chi connectivity index (χ2v) is 20.4. The number of hydrogen-bond acceptors (Lipinski definition) is 0. The number of hydrogen-bond donors (Lipinski definition) is 0. The molecule has 2 saturated carbocycles. The van der Waals surface area contributed by atoms with Crippen molar-refractivity contribution in [1.29, 1.82) is 0 Å². The van der Waals surface area contributed by atoms with Crippen LogP contribution in [0.5, 0.6) is 0 Å². The van der Waals surface area contributed by atoms with Crippen LogP contribution in [0.25, 0.3) is 0 Å². The van der Waals surface area contributed by atoms with Crippen molar-refractivity contribution < 1.29 is 40.1 Å². The van der Waals surface area contributed by atoms with E-state index in [2.05, 4.69) is 48.5 Å². The average molecular weight is 996 g/mol. The van der Waals surface area contributed by atoms with E-state index in [-0.39, 0.29) is 46.7 Å². The number of unbranched alkanes of at least 4 members (excludes halogenated alkanes) is 1. The molecule has 0 saturated heterocycles. The summed E-state index contributed by atoms with van der Waals surface area (Å²) in [6.07, 6.45) is 4.35. The summed E-state index contributed by atoms with van der Waals surface area (Å²) in [6.45, 7) is 57.1. The van der Waals surface area contributed by atoms with E-state index >= 15 is 0 Å². The predicted molar refractivity (Wildman–Crippen MR) is 305 cm³/mol. The summed E-state index contributed by atoms with van der Waals surface area (Å²) < 4.78 is 140. The molecule has 0 bridgehead atoms. The highest BCUT2D eigenvalue weighted by molar-refractivity contribution is 4.61. The first-order valence-corrected chi connectivity index (χ1v) is 26.8. The van der Waals surface area contributed by atoms with Gasteiger partial charge in [-0.15, -0.1) is 0 Å². The SMILES string of the molecule is CC.CC(C)C.CCC.CCCC.CC[C@H](C)CC(F)(F)F.CC[C@H](C)CC(F)(F)F.[2H]C(C)(C)C.[2H]C(C)(C)C.[2H]C([2H])(C)C(C)(C)C.[2H]C([2H])(C)C(C)C.[2H]C([2H])(C)CC.[2H]C1(C)CCCC1.[2H]C1(C)CCCCC1.